The average Bonchev–Trinajstić information content (AvgIpc) is 2.54. The van der Waals surface area contributed by atoms with Crippen molar-refractivity contribution in [1.29, 1.82) is 0 Å². The molecule has 0 aliphatic rings. The van der Waals surface area contributed by atoms with Crippen molar-refractivity contribution >= 4 is 18.1 Å². The first-order valence-corrected chi connectivity index (χ1v) is 6.94. The van der Waals surface area contributed by atoms with Gasteiger partial charge in [-0.05, 0) is 41.0 Å². The van der Waals surface area contributed by atoms with Gasteiger partial charge in [0.2, 0.25) is 0 Å². The topological polar surface area (TPSA) is 35.2 Å². The zero-order chi connectivity index (χ0) is 14.5. The zero-order valence-electron chi connectivity index (χ0n) is 12.1. The number of anilines is 1. The van der Waals surface area contributed by atoms with Crippen molar-refractivity contribution in [2.75, 3.05) is 5.73 Å². The molecular weight excluding hydrogens is 294 g/mol. The van der Waals surface area contributed by atoms with Crippen LogP contribution in [-0.4, -0.2) is 0 Å². The number of rotatable bonds is 4. The predicted molar refractivity (Wildman–Crippen MR) is 94.3 cm³/mol. The third kappa shape index (κ3) is 4.03. The lowest BCUT2D eigenvalue weighted by Crippen LogP contribution is -1.96. The summed E-state index contributed by atoms with van der Waals surface area (Å²) < 4.78 is 5.85. The van der Waals surface area contributed by atoms with Crippen molar-refractivity contribution in [2.24, 2.45) is 0 Å². The monoisotopic (exact) mass is 311 g/mol. The Bertz CT molecular complexity index is 728. The van der Waals surface area contributed by atoms with Gasteiger partial charge in [-0.3, -0.25) is 0 Å². The molecule has 3 aromatic carbocycles. The fourth-order valence-electron chi connectivity index (χ4n) is 2.25. The summed E-state index contributed by atoms with van der Waals surface area (Å²) in [5.41, 5.74) is 9.94. The molecule has 22 heavy (non-hydrogen) atoms. The quantitative estimate of drug-likeness (QED) is 0.693. The molecule has 0 spiro atoms. The molecule has 0 amide bonds. The lowest BCUT2D eigenvalue weighted by Gasteiger charge is -2.09. The highest BCUT2D eigenvalue weighted by Gasteiger charge is 2.00. The summed E-state index contributed by atoms with van der Waals surface area (Å²) in [6.07, 6.45) is 0. The van der Waals surface area contributed by atoms with Gasteiger partial charge in [-0.1, -0.05) is 54.6 Å². The number of nitrogen functional groups attached to an aromatic ring is 1. The zero-order valence-corrected chi connectivity index (χ0v) is 12.9. The number of nitrogens with two attached hydrogens (primary N) is 1. The second-order valence-corrected chi connectivity index (χ2v) is 4.93. The van der Waals surface area contributed by atoms with Crippen LogP contribution in [0.15, 0.2) is 78.9 Å². The van der Waals surface area contributed by atoms with Crippen LogP contribution in [0.1, 0.15) is 5.56 Å². The summed E-state index contributed by atoms with van der Waals surface area (Å²) in [6.45, 7) is 0.517. The molecule has 3 rings (SSSR count). The number of hydrogen-bond donors (Lipinski definition) is 1. The van der Waals surface area contributed by atoms with Gasteiger partial charge in [0.25, 0.3) is 0 Å². The maximum absolute atomic E-state index is 5.85. The van der Waals surface area contributed by atoms with Crippen molar-refractivity contribution in [2.45, 2.75) is 6.61 Å². The molecule has 112 valence electrons. The average molecular weight is 312 g/mol. The molecule has 0 atom stereocenters. The minimum absolute atomic E-state index is 0. The van der Waals surface area contributed by atoms with E-state index in [0.717, 1.165) is 22.6 Å². The predicted octanol–water partition coefficient (Wildman–Crippen LogP) is 4.94. The molecule has 3 aromatic rings. The van der Waals surface area contributed by atoms with Crippen molar-refractivity contribution < 1.29 is 4.74 Å². The molecule has 0 heterocycles. The van der Waals surface area contributed by atoms with Crippen molar-refractivity contribution in [1.82, 2.24) is 0 Å². The molecule has 0 saturated carbocycles. The third-order valence-corrected chi connectivity index (χ3v) is 3.30. The van der Waals surface area contributed by atoms with E-state index in [4.69, 9.17) is 10.5 Å². The smallest absolute Gasteiger partial charge is 0.120 e. The molecule has 2 nitrogen and oxygen atoms in total. The van der Waals surface area contributed by atoms with Gasteiger partial charge in [0.05, 0.1) is 0 Å². The molecule has 0 radical (unpaired) electrons. The summed E-state index contributed by atoms with van der Waals surface area (Å²) in [4.78, 5) is 0. The SMILES string of the molecule is Cl.Nc1cccc(COc2cccc(-c3ccccc3)c2)c1. The summed E-state index contributed by atoms with van der Waals surface area (Å²) in [6, 6.07) is 26.2. The van der Waals surface area contributed by atoms with Crippen molar-refractivity contribution in [3.63, 3.8) is 0 Å². The van der Waals surface area contributed by atoms with Crippen LogP contribution in [0, 0.1) is 0 Å². The van der Waals surface area contributed by atoms with Crippen LogP contribution in [-0.2, 0) is 6.61 Å². The fourth-order valence-corrected chi connectivity index (χ4v) is 2.25. The van der Waals surface area contributed by atoms with Crippen molar-refractivity contribution in [3.05, 3.63) is 84.4 Å². The van der Waals surface area contributed by atoms with Gasteiger partial charge >= 0.3 is 0 Å². The number of hydrogen-bond acceptors (Lipinski definition) is 2. The van der Waals surface area contributed by atoms with E-state index < -0.39 is 0 Å². The highest BCUT2D eigenvalue weighted by molar-refractivity contribution is 5.85. The second-order valence-electron chi connectivity index (χ2n) is 4.93. The maximum Gasteiger partial charge on any atom is 0.120 e. The minimum Gasteiger partial charge on any atom is -0.489 e. The summed E-state index contributed by atoms with van der Waals surface area (Å²) in [5, 5.41) is 0. The van der Waals surface area contributed by atoms with Crippen LogP contribution in [0.5, 0.6) is 5.75 Å². The molecule has 0 aromatic heterocycles. The van der Waals surface area contributed by atoms with Gasteiger partial charge < -0.3 is 10.5 Å². The van der Waals surface area contributed by atoms with Crippen LogP contribution in [0.25, 0.3) is 11.1 Å². The Morgan fingerprint density at radius 1 is 0.727 bits per heavy atom. The summed E-state index contributed by atoms with van der Waals surface area (Å²) in [7, 11) is 0. The van der Waals surface area contributed by atoms with Gasteiger partial charge in [-0.2, -0.15) is 0 Å². The van der Waals surface area contributed by atoms with E-state index in [1.54, 1.807) is 0 Å². The van der Waals surface area contributed by atoms with E-state index in [0.29, 0.717) is 6.61 Å². The van der Waals surface area contributed by atoms with E-state index in [9.17, 15) is 0 Å². The molecule has 0 aliphatic heterocycles. The van der Waals surface area contributed by atoms with Gasteiger partial charge in [0.1, 0.15) is 12.4 Å². The number of halogens is 1. The first-order chi connectivity index (χ1) is 10.3. The fraction of sp³-hybridized carbons (Fsp3) is 0.0526. The molecule has 0 bridgehead atoms. The normalized spacial score (nSPS) is 9.82. The second kappa shape index (κ2) is 7.53. The Balaban J connectivity index is 0.00000176. The molecular formula is C19H18ClNO. The van der Waals surface area contributed by atoms with Crippen LogP contribution in [0.4, 0.5) is 5.69 Å². The lowest BCUT2D eigenvalue weighted by molar-refractivity contribution is 0.306. The first kappa shape index (κ1) is 15.9. The van der Waals surface area contributed by atoms with E-state index in [1.165, 1.54) is 5.56 Å². The molecule has 3 heteroatoms. The Morgan fingerprint density at radius 3 is 2.23 bits per heavy atom. The highest BCUT2D eigenvalue weighted by Crippen LogP contribution is 2.24. The van der Waals surface area contributed by atoms with E-state index >= 15 is 0 Å². The van der Waals surface area contributed by atoms with Crippen LogP contribution in [0.2, 0.25) is 0 Å². The van der Waals surface area contributed by atoms with Gasteiger partial charge in [-0.25, -0.2) is 0 Å². The van der Waals surface area contributed by atoms with Crippen molar-refractivity contribution in [3.8, 4) is 16.9 Å². The molecule has 0 unspecified atom stereocenters. The van der Waals surface area contributed by atoms with E-state index in [-0.39, 0.29) is 12.4 Å². The Hall–Kier alpha value is -2.45. The first-order valence-electron chi connectivity index (χ1n) is 6.94. The molecule has 2 N–H and O–H groups in total. The van der Waals surface area contributed by atoms with Gasteiger partial charge in [0, 0.05) is 5.69 Å². The van der Waals surface area contributed by atoms with E-state index in [2.05, 4.69) is 24.3 Å². The highest BCUT2D eigenvalue weighted by atomic mass is 35.5. The Kier molecular flexibility index (Phi) is 5.45. The van der Waals surface area contributed by atoms with E-state index in [1.807, 2.05) is 54.6 Å². The maximum atomic E-state index is 5.85. The van der Waals surface area contributed by atoms with Crippen LogP contribution < -0.4 is 10.5 Å². The molecule has 0 aliphatic carbocycles. The number of ether oxygens (including phenoxy) is 1. The largest absolute Gasteiger partial charge is 0.489 e. The van der Waals surface area contributed by atoms with Crippen LogP contribution >= 0.6 is 12.4 Å². The third-order valence-electron chi connectivity index (χ3n) is 3.30. The molecule has 0 fully saturated rings. The Morgan fingerprint density at radius 2 is 1.45 bits per heavy atom. The van der Waals surface area contributed by atoms with Gasteiger partial charge in [-0.15, -0.1) is 12.4 Å². The van der Waals surface area contributed by atoms with Crippen LogP contribution in [0.3, 0.4) is 0 Å². The van der Waals surface area contributed by atoms with Gasteiger partial charge in [0.15, 0.2) is 0 Å². The summed E-state index contributed by atoms with van der Waals surface area (Å²) in [5.74, 6) is 0.860. The number of benzene rings is 3. The minimum atomic E-state index is 0. The summed E-state index contributed by atoms with van der Waals surface area (Å²) >= 11 is 0. The standard InChI is InChI=1S/C19H17NO.ClH/c20-18-10-4-6-15(12-18)14-21-19-11-5-9-17(13-19)16-7-2-1-3-8-16;/h1-13H,14,20H2;1H. The molecule has 0 saturated heterocycles. The Labute approximate surface area is 137 Å². The lowest BCUT2D eigenvalue weighted by atomic mass is 10.1.